The molecule has 0 aliphatic carbocycles. The van der Waals surface area contributed by atoms with Gasteiger partial charge in [-0.05, 0) is 34.4 Å². The molecule has 2 aromatic heterocycles. The van der Waals surface area contributed by atoms with Gasteiger partial charge >= 0.3 is 0 Å². The molecular weight excluding hydrogens is 404 g/mol. The Kier molecular flexibility index (Phi) is 5.37. The third-order valence-corrected chi connectivity index (χ3v) is 3.88. The highest BCUT2D eigenvalue weighted by molar-refractivity contribution is 9.10. The zero-order chi connectivity index (χ0) is 18.5. The first-order valence-electron chi connectivity index (χ1n) is 7.72. The normalized spacial score (nSPS) is 11.2. The molecule has 10 nitrogen and oxygen atoms in total. The van der Waals surface area contributed by atoms with Gasteiger partial charge < -0.3 is 5.73 Å². The number of hydrogen-bond donors (Lipinski definition) is 2. The minimum Gasteiger partial charge on any atom is -0.378 e. The van der Waals surface area contributed by atoms with E-state index in [-0.39, 0.29) is 17.3 Å². The third-order valence-electron chi connectivity index (χ3n) is 3.39. The lowest BCUT2D eigenvalue weighted by molar-refractivity contribution is 0.0949. The van der Waals surface area contributed by atoms with E-state index in [4.69, 9.17) is 5.73 Å². The Morgan fingerprint density at radius 2 is 2.31 bits per heavy atom. The summed E-state index contributed by atoms with van der Waals surface area (Å²) in [7, 11) is 0. The van der Waals surface area contributed by atoms with Crippen molar-refractivity contribution in [2.45, 2.75) is 19.8 Å². The molecule has 0 aliphatic rings. The highest BCUT2D eigenvalue weighted by Crippen LogP contribution is 2.17. The summed E-state index contributed by atoms with van der Waals surface area (Å²) in [6.07, 6.45) is 2.84. The summed E-state index contributed by atoms with van der Waals surface area (Å²) in [6, 6.07) is 7.50. The molecule has 0 unspecified atom stereocenters. The standard InChI is InChI=1S/C15H15BrN8O2/c1-2-4-11-12(19-23-24(11)14-13(17)21-26-22-14)15(25)20-18-8-9-5-3-6-10(16)7-9/h3,5-8H,2,4H2,1H3,(H2,17,21)(H,20,25)/b18-8+. The molecule has 26 heavy (non-hydrogen) atoms. The summed E-state index contributed by atoms with van der Waals surface area (Å²) in [4.78, 5) is 12.4. The van der Waals surface area contributed by atoms with Gasteiger partial charge in [-0.2, -0.15) is 9.78 Å². The molecule has 1 aromatic carbocycles. The highest BCUT2D eigenvalue weighted by Gasteiger charge is 2.23. The Morgan fingerprint density at radius 1 is 1.46 bits per heavy atom. The number of hydrogen-bond acceptors (Lipinski definition) is 8. The van der Waals surface area contributed by atoms with Crippen LogP contribution in [0.3, 0.4) is 0 Å². The molecule has 0 radical (unpaired) electrons. The number of nitrogen functional groups attached to an aromatic ring is 1. The number of nitrogens with two attached hydrogens (primary N) is 1. The Morgan fingerprint density at radius 3 is 3.00 bits per heavy atom. The quantitative estimate of drug-likeness (QED) is 0.458. The van der Waals surface area contributed by atoms with E-state index in [1.54, 1.807) is 0 Å². The molecule has 0 fully saturated rings. The lowest BCUT2D eigenvalue weighted by atomic mass is 10.2. The van der Waals surface area contributed by atoms with Crippen LogP contribution in [0.1, 0.15) is 35.1 Å². The van der Waals surface area contributed by atoms with E-state index in [2.05, 4.69) is 51.7 Å². The molecule has 134 valence electrons. The maximum Gasteiger partial charge on any atom is 0.293 e. The number of carbonyl (C=O) groups excluding carboxylic acids is 1. The van der Waals surface area contributed by atoms with E-state index in [0.717, 1.165) is 16.5 Å². The van der Waals surface area contributed by atoms with Crippen LogP contribution in [0.2, 0.25) is 0 Å². The largest absolute Gasteiger partial charge is 0.378 e. The second-order valence-electron chi connectivity index (χ2n) is 5.27. The smallest absolute Gasteiger partial charge is 0.293 e. The number of amides is 1. The molecule has 0 saturated carbocycles. The average molecular weight is 419 g/mol. The predicted octanol–water partition coefficient (Wildman–Crippen LogP) is 1.71. The molecule has 3 aromatic rings. The first-order chi connectivity index (χ1) is 12.6. The Hall–Kier alpha value is -3.08. The molecule has 0 bridgehead atoms. The lowest BCUT2D eigenvalue weighted by Crippen LogP contribution is -2.20. The van der Waals surface area contributed by atoms with Crippen molar-refractivity contribution in [3.8, 4) is 5.82 Å². The number of nitrogens with one attached hydrogen (secondary N) is 1. The average Bonchev–Trinajstić information content (AvgIpc) is 3.21. The number of rotatable bonds is 6. The van der Waals surface area contributed by atoms with Crippen LogP contribution >= 0.6 is 15.9 Å². The maximum absolute atomic E-state index is 12.4. The van der Waals surface area contributed by atoms with Crippen LogP contribution in [-0.2, 0) is 6.42 Å². The topological polar surface area (TPSA) is 137 Å². The summed E-state index contributed by atoms with van der Waals surface area (Å²) < 4.78 is 6.85. The number of halogens is 1. The van der Waals surface area contributed by atoms with Gasteiger partial charge in [0.2, 0.25) is 11.6 Å². The Bertz CT molecular complexity index is 949. The van der Waals surface area contributed by atoms with Crippen LogP contribution in [0.5, 0.6) is 0 Å². The lowest BCUT2D eigenvalue weighted by Gasteiger charge is -2.03. The second-order valence-corrected chi connectivity index (χ2v) is 6.19. The van der Waals surface area contributed by atoms with Crippen molar-refractivity contribution < 1.29 is 9.42 Å². The number of hydrazone groups is 1. The van der Waals surface area contributed by atoms with E-state index < -0.39 is 5.91 Å². The minimum absolute atomic E-state index is 0.0619. The number of carbonyl (C=O) groups is 1. The van der Waals surface area contributed by atoms with Crippen LogP contribution in [0.15, 0.2) is 38.5 Å². The number of nitrogens with zero attached hydrogens (tertiary/aromatic N) is 6. The molecule has 2 heterocycles. The third kappa shape index (κ3) is 3.77. The van der Waals surface area contributed by atoms with E-state index in [9.17, 15) is 4.79 Å². The molecule has 3 N–H and O–H groups in total. The van der Waals surface area contributed by atoms with Crippen LogP contribution in [0, 0.1) is 0 Å². The van der Waals surface area contributed by atoms with Gasteiger partial charge in [-0.15, -0.1) is 5.10 Å². The summed E-state index contributed by atoms with van der Waals surface area (Å²) >= 11 is 3.37. The molecule has 3 rings (SSSR count). The van der Waals surface area contributed by atoms with Crippen molar-refractivity contribution >= 4 is 33.9 Å². The molecular formula is C15H15BrN8O2. The van der Waals surface area contributed by atoms with Gasteiger partial charge in [-0.1, -0.05) is 46.6 Å². The van der Waals surface area contributed by atoms with Gasteiger partial charge in [0.25, 0.3) is 5.91 Å². The van der Waals surface area contributed by atoms with Crippen molar-refractivity contribution in [2.75, 3.05) is 5.73 Å². The van der Waals surface area contributed by atoms with E-state index in [0.29, 0.717) is 12.1 Å². The Labute approximate surface area is 156 Å². The minimum atomic E-state index is -0.485. The fourth-order valence-electron chi connectivity index (χ4n) is 2.25. The predicted molar refractivity (Wildman–Crippen MR) is 96.8 cm³/mol. The van der Waals surface area contributed by atoms with Gasteiger partial charge in [0, 0.05) is 4.47 Å². The molecule has 0 aliphatic heterocycles. The summed E-state index contributed by atoms with van der Waals surface area (Å²) in [6.45, 7) is 1.97. The zero-order valence-electron chi connectivity index (χ0n) is 13.8. The van der Waals surface area contributed by atoms with Gasteiger partial charge in [-0.3, -0.25) is 4.79 Å². The Balaban J connectivity index is 1.81. The maximum atomic E-state index is 12.4. The van der Waals surface area contributed by atoms with Gasteiger partial charge in [0.1, 0.15) is 0 Å². The SMILES string of the molecule is CCCc1c(C(=O)N/N=C/c2cccc(Br)c2)nnn1-c1nonc1N. The number of benzene rings is 1. The summed E-state index contributed by atoms with van der Waals surface area (Å²) in [5, 5.41) is 19.0. The molecule has 1 amide bonds. The summed E-state index contributed by atoms with van der Waals surface area (Å²) in [5.74, 6) is -0.231. The highest BCUT2D eigenvalue weighted by atomic mass is 79.9. The monoisotopic (exact) mass is 418 g/mol. The molecule has 0 atom stereocenters. The van der Waals surface area contributed by atoms with E-state index in [1.807, 2.05) is 31.2 Å². The van der Waals surface area contributed by atoms with Crippen molar-refractivity contribution in [2.24, 2.45) is 5.10 Å². The summed E-state index contributed by atoms with van der Waals surface area (Å²) in [5.41, 5.74) is 9.66. The van der Waals surface area contributed by atoms with Crippen LogP contribution in [0.4, 0.5) is 5.82 Å². The van der Waals surface area contributed by atoms with Crippen LogP contribution < -0.4 is 11.2 Å². The van der Waals surface area contributed by atoms with Gasteiger partial charge in [0.15, 0.2) is 5.69 Å². The van der Waals surface area contributed by atoms with E-state index >= 15 is 0 Å². The van der Waals surface area contributed by atoms with Crippen LogP contribution in [-0.4, -0.2) is 37.4 Å². The molecule has 0 saturated heterocycles. The second kappa shape index (κ2) is 7.87. The van der Waals surface area contributed by atoms with Crippen LogP contribution in [0.25, 0.3) is 5.82 Å². The van der Waals surface area contributed by atoms with Crippen molar-refractivity contribution in [1.82, 2.24) is 30.7 Å². The van der Waals surface area contributed by atoms with E-state index in [1.165, 1.54) is 10.9 Å². The van der Waals surface area contributed by atoms with Gasteiger partial charge in [0.05, 0.1) is 11.9 Å². The first-order valence-corrected chi connectivity index (χ1v) is 8.51. The van der Waals surface area contributed by atoms with Gasteiger partial charge in [-0.25, -0.2) is 10.1 Å². The fourth-order valence-corrected chi connectivity index (χ4v) is 2.67. The first kappa shape index (κ1) is 17.7. The fraction of sp³-hybridized carbons (Fsp3) is 0.200. The zero-order valence-corrected chi connectivity index (χ0v) is 15.3. The van der Waals surface area contributed by atoms with Crippen molar-refractivity contribution in [1.29, 1.82) is 0 Å². The number of aromatic nitrogens is 5. The van der Waals surface area contributed by atoms with Crippen molar-refractivity contribution in [3.05, 3.63) is 45.7 Å². The molecule has 0 spiro atoms. The van der Waals surface area contributed by atoms with Crippen molar-refractivity contribution in [3.63, 3.8) is 0 Å². The number of anilines is 1. The molecule has 11 heteroatoms.